The highest BCUT2D eigenvalue weighted by Gasteiger charge is 2.03. The number of aliphatic hydroxyl groups is 1. The maximum Gasteiger partial charge on any atom is 0.130 e. The van der Waals surface area contributed by atoms with Gasteiger partial charge in [0.05, 0.1) is 6.10 Å². The molecule has 2 N–H and O–H groups in total. The van der Waals surface area contributed by atoms with Gasteiger partial charge < -0.3 is 10.4 Å². The van der Waals surface area contributed by atoms with Crippen molar-refractivity contribution in [1.82, 2.24) is 10.3 Å². The quantitative estimate of drug-likeness (QED) is 0.786. The summed E-state index contributed by atoms with van der Waals surface area (Å²) in [6, 6.07) is 1.61. The molecule has 15 heavy (non-hydrogen) atoms. The van der Waals surface area contributed by atoms with E-state index in [1.165, 1.54) is 0 Å². The minimum atomic E-state index is -0.316. The Hall–Kier alpha value is -0.350. The van der Waals surface area contributed by atoms with Crippen molar-refractivity contribution < 1.29 is 5.11 Å². The molecule has 1 heterocycles. The summed E-state index contributed by atoms with van der Waals surface area (Å²) in [4.78, 5) is 3.94. The Morgan fingerprint density at radius 1 is 1.53 bits per heavy atom. The van der Waals surface area contributed by atoms with Crippen molar-refractivity contribution in [3.63, 3.8) is 0 Å². The Kier molecular flexibility index (Phi) is 5.32. The summed E-state index contributed by atoms with van der Waals surface area (Å²) in [5.41, 5.74) is 0.879. The van der Waals surface area contributed by atoms with E-state index >= 15 is 0 Å². The zero-order valence-electron chi connectivity index (χ0n) is 8.50. The highest BCUT2D eigenvalue weighted by atomic mass is 35.5. The van der Waals surface area contributed by atoms with Gasteiger partial charge in [0.25, 0.3) is 0 Å². The lowest BCUT2D eigenvalue weighted by Crippen LogP contribution is -2.25. The van der Waals surface area contributed by atoms with Crippen molar-refractivity contribution in [1.29, 1.82) is 0 Å². The monoisotopic (exact) mass is 248 g/mol. The van der Waals surface area contributed by atoms with E-state index in [-0.39, 0.29) is 6.10 Å². The average Bonchev–Trinajstić information content (AvgIpc) is 2.21. The summed E-state index contributed by atoms with van der Waals surface area (Å²) in [5.74, 6) is 0. The van der Waals surface area contributed by atoms with E-state index in [1.807, 2.05) is 6.92 Å². The largest absolute Gasteiger partial charge is 0.392 e. The van der Waals surface area contributed by atoms with Crippen LogP contribution in [-0.2, 0) is 6.54 Å². The van der Waals surface area contributed by atoms with Gasteiger partial charge >= 0.3 is 0 Å². The van der Waals surface area contributed by atoms with Crippen LogP contribution in [0.15, 0.2) is 12.3 Å². The minimum absolute atomic E-state index is 0.316. The van der Waals surface area contributed by atoms with Gasteiger partial charge in [-0.2, -0.15) is 0 Å². The molecule has 1 atom stereocenters. The third kappa shape index (κ3) is 4.34. The molecule has 0 aliphatic heterocycles. The Bertz CT molecular complexity index is 320. The SMILES string of the molecule is CCC(O)CNCc1cnc(Cl)cc1Cl. The molecule has 0 radical (unpaired) electrons. The van der Waals surface area contributed by atoms with E-state index in [0.717, 1.165) is 12.0 Å². The number of aliphatic hydroxyl groups excluding tert-OH is 1. The van der Waals surface area contributed by atoms with Crippen LogP contribution >= 0.6 is 23.2 Å². The molecular weight excluding hydrogens is 235 g/mol. The molecule has 0 amide bonds. The molecule has 0 saturated carbocycles. The van der Waals surface area contributed by atoms with E-state index in [0.29, 0.717) is 23.3 Å². The van der Waals surface area contributed by atoms with Crippen molar-refractivity contribution in [3.8, 4) is 0 Å². The van der Waals surface area contributed by atoms with E-state index in [4.69, 9.17) is 23.2 Å². The van der Waals surface area contributed by atoms with Crippen molar-refractivity contribution in [2.75, 3.05) is 6.54 Å². The number of aromatic nitrogens is 1. The molecular formula is C10H14Cl2N2O. The van der Waals surface area contributed by atoms with E-state index in [2.05, 4.69) is 10.3 Å². The summed E-state index contributed by atoms with van der Waals surface area (Å²) < 4.78 is 0. The summed E-state index contributed by atoms with van der Waals surface area (Å²) in [5, 5.41) is 13.4. The van der Waals surface area contributed by atoms with Gasteiger partial charge in [-0.3, -0.25) is 0 Å². The van der Waals surface area contributed by atoms with Crippen LogP contribution in [-0.4, -0.2) is 22.7 Å². The van der Waals surface area contributed by atoms with Gasteiger partial charge in [0, 0.05) is 29.9 Å². The number of nitrogens with zero attached hydrogens (tertiary/aromatic N) is 1. The van der Waals surface area contributed by atoms with Crippen LogP contribution in [0.1, 0.15) is 18.9 Å². The smallest absolute Gasteiger partial charge is 0.130 e. The maximum absolute atomic E-state index is 9.32. The number of nitrogens with one attached hydrogen (secondary N) is 1. The molecule has 0 spiro atoms. The third-order valence-corrected chi connectivity index (χ3v) is 2.62. The highest BCUT2D eigenvalue weighted by Crippen LogP contribution is 2.18. The van der Waals surface area contributed by atoms with Crippen LogP contribution in [0.3, 0.4) is 0 Å². The Morgan fingerprint density at radius 2 is 2.27 bits per heavy atom. The average molecular weight is 249 g/mol. The van der Waals surface area contributed by atoms with Gasteiger partial charge in [0.15, 0.2) is 0 Å². The minimum Gasteiger partial charge on any atom is -0.392 e. The van der Waals surface area contributed by atoms with Gasteiger partial charge in [-0.05, 0) is 12.5 Å². The Labute approximate surface area is 99.4 Å². The zero-order valence-corrected chi connectivity index (χ0v) is 10.0. The molecule has 1 aromatic heterocycles. The molecule has 0 aliphatic carbocycles. The standard InChI is InChI=1S/C10H14Cl2N2O/c1-2-8(15)6-13-4-7-5-14-10(12)3-9(7)11/h3,5,8,13,15H,2,4,6H2,1H3. The molecule has 0 aliphatic rings. The molecule has 0 saturated heterocycles. The molecule has 0 bridgehead atoms. The van der Waals surface area contributed by atoms with Crippen molar-refractivity contribution >= 4 is 23.2 Å². The Balaban J connectivity index is 2.44. The van der Waals surface area contributed by atoms with E-state index < -0.39 is 0 Å². The maximum atomic E-state index is 9.32. The second kappa shape index (κ2) is 6.28. The highest BCUT2D eigenvalue weighted by molar-refractivity contribution is 6.34. The first-order valence-corrected chi connectivity index (χ1v) is 5.57. The topological polar surface area (TPSA) is 45.1 Å². The van der Waals surface area contributed by atoms with Crippen LogP contribution < -0.4 is 5.32 Å². The molecule has 0 aromatic carbocycles. The molecule has 1 aromatic rings. The van der Waals surface area contributed by atoms with Crippen molar-refractivity contribution in [2.24, 2.45) is 0 Å². The predicted octanol–water partition coefficient (Wildman–Crippen LogP) is 2.25. The molecule has 5 heteroatoms. The van der Waals surface area contributed by atoms with Crippen molar-refractivity contribution in [3.05, 3.63) is 28.0 Å². The molecule has 3 nitrogen and oxygen atoms in total. The lowest BCUT2D eigenvalue weighted by Gasteiger charge is -2.10. The first-order chi connectivity index (χ1) is 7.13. The lowest BCUT2D eigenvalue weighted by molar-refractivity contribution is 0.167. The number of hydrogen-bond donors (Lipinski definition) is 2. The van der Waals surface area contributed by atoms with Gasteiger partial charge in [-0.1, -0.05) is 30.1 Å². The van der Waals surface area contributed by atoms with Crippen LogP contribution in [0.4, 0.5) is 0 Å². The number of halogens is 2. The van der Waals surface area contributed by atoms with Gasteiger partial charge in [0.1, 0.15) is 5.15 Å². The third-order valence-electron chi connectivity index (χ3n) is 2.06. The van der Waals surface area contributed by atoms with Crippen LogP contribution in [0.2, 0.25) is 10.2 Å². The predicted molar refractivity (Wildman–Crippen MR) is 62.3 cm³/mol. The van der Waals surface area contributed by atoms with Gasteiger partial charge in [0.2, 0.25) is 0 Å². The van der Waals surface area contributed by atoms with Crippen LogP contribution in [0, 0.1) is 0 Å². The second-order valence-electron chi connectivity index (χ2n) is 3.29. The summed E-state index contributed by atoms with van der Waals surface area (Å²) >= 11 is 11.6. The van der Waals surface area contributed by atoms with Gasteiger partial charge in [-0.15, -0.1) is 0 Å². The van der Waals surface area contributed by atoms with Crippen LogP contribution in [0.5, 0.6) is 0 Å². The molecule has 84 valence electrons. The fourth-order valence-corrected chi connectivity index (χ4v) is 1.52. The summed E-state index contributed by atoms with van der Waals surface area (Å²) in [6.07, 6.45) is 2.05. The molecule has 1 unspecified atom stereocenters. The lowest BCUT2D eigenvalue weighted by atomic mass is 10.2. The fourth-order valence-electron chi connectivity index (χ4n) is 1.08. The van der Waals surface area contributed by atoms with Crippen molar-refractivity contribution in [2.45, 2.75) is 26.0 Å². The fraction of sp³-hybridized carbons (Fsp3) is 0.500. The van der Waals surface area contributed by atoms with Gasteiger partial charge in [-0.25, -0.2) is 4.98 Å². The molecule has 0 fully saturated rings. The van der Waals surface area contributed by atoms with E-state index in [1.54, 1.807) is 12.3 Å². The zero-order chi connectivity index (χ0) is 11.3. The summed E-state index contributed by atoms with van der Waals surface area (Å²) in [7, 11) is 0. The first-order valence-electron chi connectivity index (χ1n) is 4.82. The molecule has 1 rings (SSSR count). The second-order valence-corrected chi connectivity index (χ2v) is 4.09. The van der Waals surface area contributed by atoms with E-state index in [9.17, 15) is 5.11 Å². The number of hydrogen-bond acceptors (Lipinski definition) is 3. The normalized spacial score (nSPS) is 12.8. The van der Waals surface area contributed by atoms with Crippen LogP contribution in [0.25, 0.3) is 0 Å². The Morgan fingerprint density at radius 3 is 2.87 bits per heavy atom. The number of rotatable bonds is 5. The summed E-state index contributed by atoms with van der Waals surface area (Å²) in [6.45, 7) is 3.07. The number of pyridine rings is 1. The first kappa shape index (κ1) is 12.7.